The van der Waals surface area contributed by atoms with Crippen LogP contribution in [0.1, 0.15) is 52.0 Å². The molecule has 0 radical (unpaired) electrons. The summed E-state index contributed by atoms with van der Waals surface area (Å²) in [6.45, 7) is 6.72. The Morgan fingerprint density at radius 2 is 1.80 bits per heavy atom. The predicted octanol–water partition coefficient (Wildman–Crippen LogP) is 5.64. The van der Waals surface area contributed by atoms with E-state index in [4.69, 9.17) is 10.1 Å². The number of sulfone groups is 1. The van der Waals surface area contributed by atoms with Gasteiger partial charge in [-0.05, 0) is 82.2 Å². The van der Waals surface area contributed by atoms with E-state index in [1.165, 1.54) is 12.1 Å². The van der Waals surface area contributed by atoms with Crippen LogP contribution in [0.15, 0.2) is 64.9 Å². The van der Waals surface area contributed by atoms with E-state index in [0.29, 0.717) is 48.9 Å². The number of carbonyl (C=O) groups is 1. The van der Waals surface area contributed by atoms with Crippen molar-refractivity contribution >= 4 is 38.6 Å². The van der Waals surface area contributed by atoms with Gasteiger partial charge in [-0.25, -0.2) is 18.2 Å². The number of hydrogen-bond donors (Lipinski definition) is 4. The van der Waals surface area contributed by atoms with E-state index in [2.05, 4.69) is 15.3 Å². The number of rotatable bonds is 8. The maximum absolute atomic E-state index is 12.4. The molecule has 11 heteroatoms. The number of H-pyrrole nitrogens is 1. The molecule has 2 heterocycles. The number of aromatic nitrogens is 2. The molecule has 1 fully saturated rings. The van der Waals surface area contributed by atoms with Gasteiger partial charge in [-0.1, -0.05) is 24.3 Å². The number of hydrogen-bond acceptors (Lipinski definition) is 8. The van der Waals surface area contributed by atoms with Crippen molar-refractivity contribution in [1.29, 1.82) is 5.41 Å². The van der Waals surface area contributed by atoms with Crippen molar-refractivity contribution < 1.29 is 23.1 Å². The van der Waals surface area contributed by atoms with Gasteiger partial charge in [-0.2, -0.15) is 0 Å². The van der Waals surface area contributed by atoms with Crippen LogP contribution < -0.4 is 5.32 Å². The zero-order chi connectivity index (χ0) is 29.1. The molecule has 1 saturated heterocycles. The minimum atomic E-state index is -3.37. The Morgan fingerprint density at radius 3 is 2.40 bits per heavy atom. The van der Waals surface area contributed by atoms with Gasteiger partial charge in [0, 0.05) is 24.9 Å². The van der Waals surface area contributed by atoms with Gasteiger partial charge in [0.25, 0.3) is 0 Å². The molecule has 1 aliphatic rings. The molecule has 0 spiro atoms. The zero-order valence-corrected chi connectivity index (χ0v) is 24.1. The van der Waals surface area contributed by atoms with Gasteiger partial charge in [-0.15, -0.1) is 0 Å². The number of para-hydroxylation sites is 2. The Balaban J connectivity index is 1.51. The predicted molar refractivity (Wildman–Crippen MR) is 156 cm³/mol. The minimum absolute atomic E-state index is 0.0901. The van der Waals surface area contributed by atoms with Crippen LogP contribution in [0.2, 0.25) is 0 Å². The first-order chi connectivity index (χ1) is 18.8. The topological polar surface area (TPSA) is 148 Å². The lowest BCUT2D eigenvalue weighted by molar-refractivity contribution is 0.0181. The molecule has 0 atom stereocenters. The summed E-state index contributed by atoms with van der Waals surface area (Å²) in [5.74, 6) is 0.456. The summed E-state index contributed by atoms with van der Waals surface area (Å²) in [6, 6.07) is 13.6. The van der Waals surface area contributed by atoms with E-state index < -0.39 is 15.4 Å². The number of aliphatic hydroxyl groups excluding tert-OH is 1. The number of anilines is 1. The van der Waals surface area contributed by atoms with Gasteiger partial charge in [-0.3, -0.25) is 10.7 Å². The van der Waals surface area contributed by atoms with Crippen LogP contribution in [0.25, 0.3) is 11.0 Å². The van der Waals surface area contributed by atoms with E-state index >= 15 is 0 Å². The number of fused-ring (bicyclic) bond motifs is 1. The first-order valence-electron chi connectivity index (χ1n) is 13.3. The lowest BCUT2D eigenvalue weighted by atomic mass is 9.88. The smallest absolute Gasteiger partial charge is 0.410 e. The number of likely N-dealkylation sites (tertiary alicyclic amines) is 1. The minimum Gasteiger partial charge on any atom is -0.494 e. The first-order valence-corrected chi connectivity index (χ1v) is 15.2. The number of benzene rings is 2. The number of imidazole rings is 1. The summed E-state index contributed by atoms with van der Waals surface area (Å²) in [6.07, 6.45) is 3.52. The number of nitrogens with zero attached hydrogens (tertiary/aromatic N) is 2. The Bertz CT molecular complexity index is 1480. The highest BCUT2D eigenvalue weighted by molar-refractivity contribution is 7.90. The average Bonchev–Trinajstić information content (AvgIpc) is 3.30. The van der Waals surface area contributed by atoms with E-state index in [1.807, 2.05) is 45.0 Å². The molecule has 4 rings (SSSR count). The molecule has 40 heavy (non-hydrogen) atoms. The number of nitrogens with one attached hydrogen (secondary N) is 3. The van der Waals surface area contributed by atoms with Gasteiger partial charge >= 0.3 is 6.09 Å². The number of piperidine rings is 1. The Kier molecular flexibility index (Phi) is 8.53. The maximum Gasteiger partial charge on any atom is 0.410 e. The lowest BCUT2D eigenvalue weighted by Crippen LogP contribution is -2.41. The fourth-order valence-corrected chi connectivity index (χ4v) is 5.31. The van der Waals surface area contributed by atoms with Gasteiger partial charge in [0.05, 0.1) is 21.6 Å². The highest BCUT2D eigenvalue weighted by atomic mass is 32.2. The van der Waals surface area contributed by atoms with Crippen molar-refractivity contribution in [2.45, 2.75) is 57.0 Å². The quantitative estimate of drug-likeness (QED) is 0.203. The number of aromatic amines is 1. The monoisotopic (exact) mass is 567 g/mol. The number of ether oxygens (including phenoxy) is 1. The summed E-state index contributed by atoms with van der Waals surface area (Å²) in [5, 5.41) is 23.0. The summed E-state index contributed by atoms with van der Waals surface area (Å²) in [5.41, 5.74) is 1.97. The molecule has 0 saturated carbocycles. The highest BCUT2D eigenvalue weighted by Crippen LogP contribution is 2.28. The van der Waals surface area contributed by atoms with Gasteiger partial charge in [0.1, 0.15) is 5.60 Å². The van der Waals surface area contributed by atoms with Crippen molar-refractivity contribution in [1.82, 2.24) is 14.9 Å². The normalized spacial score (nSPS) is 15.6. The SMILES string of the molecule is CC(C)(C)OC(=O)N1CCC(CC/C(C(=N)c2ccc(S(C)(=O)=O)cc2)=C(\O)Nc2nc3ccccc3[nH]2)CC1. The Morgan fingerprint density at radius 1 is 1.15 bits per heavy atom. The highest BCUT2D eigenvalue weighted by Gasteiger charge is 2.27. The number of allylic oxidation sites excluding steroid dienone is 1. The molecule has 3 aromatic rings. The van der Waals surface area contributed by atoms with E-state index in [0.717, 1.165) is 30.1 Å². The van der Waals surface area contributed by atoms with Gasteiger partial charge in [0.15, 0.2) is 15.7 Å². The third-order valence-electron chi connectivity index (χ3n) is 6.85. The molecular weight excluding hydrogens is 530 g/mol. The molecule has 0 bridgehead atoms. The Hall–Kier alpha value is -3.86. The van der Waals surface area contributed by atoms with E-state index in [9.17, 15) is 18.3 Å². The summed E-state index contributed by atoms with van der Waals surface area (Å²) in [7, 11) is -3.37. The molecule has 1 amide bonds. The fourth-order valence-electron chi connectivity index (χ4n) is 4.68. The second-order valence-corrected chi connectivity index (χ2v) is 13.2. The van der Waals surface area contributed by atoms with Crippen molar-refractivity contribution in [3.63, 3.8) is 0 Å². The van der Waals surface area contributed by atoms with Crippen molar-refractivity contribution in [2.24, 2.45) is 5.92 Å². The maximum atomic E-state index is 12.4. The lowest BCUT2D eigenvalue weighted by Gasteiger charge is -2.33. The molecular formula is C29H37N5O5S. The fraction of sp³-hybridized carbons (Fsp3) is 0.414. The zero-order valence-electron chi connectivity index (χ0n) is 23.3. The third kappa shape index (κ3) is 7.41. The largest absolute Gasteiger partial charge is 0.494 e. The molecule has 1 aromatic heterocycles. The van der Waals surface area contributed by atoms with Crippen molar-refractivity contribution in [3.8, 4) is 0 Å². The molecule has 0 aliphatic carbocycles. The Labute approximate surface area is 234 Å². The van der Waals surface area contributed by atoms with Crippen LogP contribution in [-0.4, -0.2) is 65.1 Å². The summed E-state index contributed by atoms with van der Waals surface area (Å²) in [4.78, 5) is 21.9. The summed E-state index contributed by atoms with van der Waals surface area (Å²) < 4.78 is 29.3. The van der Waals surface area contributed by atoms with Crippen LogP contribution in [0.3, 0.4) is 0 Å². The van der Waals surface area contributed by atoms with Crippen LogP contribution >= 0.6 is 0 Å². The molecule has 214 valence electrons. The molecule has 10 nitrogen and oxygen atoms in total. The second-order valence-electron chi connectivity index (χ2n) is 11.2. The first kappa shape index (κ1) is 29.1. The molecule has 2 aromatic carbocycles. The molecule has 0 unspecified atom stereocenters. The van der Waals surface area contributed by atoms with E-state index in [1.54, 1.807) is 17.0 Å². The van der Waals surface area contributed by atoms with Crippen LogP contribution in [0.5, 0.6) is 0 Å². The van der Waals surface area contributed by atoms with Gasteiger partial charge < -0.3 is 19.7 Å². The molecule has 1 aliphatic heterocycles. The summed E-state index contributed by atoms with van der Waals surface area (Å²) >= 11 is 0. The van der Waals surface area contributed by atoms with E-state index in [-0.39, 0.29) is 22.6 Å². The van der Waals surface area contributed by atoms with Crippen molar-refractivity contribution in [2.75, 3.05) is 24.7 Å². The third-order valence-corrected chi connectivity index (χ3v) is 7.98. The van der Waals surface area contributed by atoms with Crippen LogP contribution in [-0.2, 0) is 14.6 Å². The van der Waals surface area contributed by atoms with Crippen LogP contribution in [0.4, 0.5) is 10.7 Å². The van der Waals surface area contributed by atoms with Gasteiger partial charge in [0.2, 0.25) is 5.95 Å². The number of amides is 1. The second kappa shape index (κ2) is 11.7. The van der Waals surface area contributed by atoms with Crippen LogP contribution in [0, 0.1) is 11.3 Å². The number of carbonyl (C=O) groups excluding carboxylic acids is 1. The van der Waals surface area contributed by atoms with Crippen molar-refractivity contribution in [3.05, 3.63) is 65.6 Å². The molecule has 4 N–H and O–H groups in total. The average molecular weight is 568 g/mol. The standard InChI is InChI=1S/C29H37N5O5S/c1-29(2,3)39-28(36)34-17-15-19(16-18-34)9-14-22(25(30)20-10-12-21(13-11-20)40(4,37)38)26(35)33-27-31-23-7-5-6-8-24(23)32-27/h5-8,10-13,19,30,35H,9,14-18H2,1-4H3,(H2,31,32,33)/b26-22+,30-25?. The number of aliphatic hydroxyl groups is 1.